The molecule has 2 N–H and O–H groups in total. The Balaban J connectivity index is 1.90. The number of hydrogen-bond acceptors (Lipinski definition) is 5. The molecule has 0 unspecified atom stereocenters. The van der Waals surface area contributed by atoms with Crippen molar-refractivity contribution < 1.29 is 18.7 Å². The number of benzene rings is 1. The van der Waals surface area contributed by atoms with Gasteiger partial charge in [-0.3, -0.25) is 0 Å². The maximum atomic E-state index is 12.6. The second-order valence-electron chi connectivity index (χ2n) is 5.91. The summed E-state index contributed by atoms with van der Waals surface area (Å²) in [7, 11) is 1.55. The fourth-order valence-electron chi connectivity index (χ4n) is 2.78. The molecule has 2 heterocycles. The Bertz CT molecular complexity index is 893. The van der Waals surface area contributed by atoms with Gasteiger partial charge in [-0.15, -0.1) is 0 Å². The summed E-state index contributed by atoms with van der Waals surface area (Å²) in [5.74, 6) is 0.730. The number of carbonyl (C=O) groups excluding carboxylic acids is 1. The van der Waals surface area contributed by atoms with Gasteiger partial charge in [-0.05, 0) is 43.4 Å². The van der Waals surface area contributed by atoms with Crippen LogP contribution in [-0.4, -0.2) is 31.4 Å². The molecule has 0 bridgehead atoms. The van der Waals surface area contributed by atoms with Crippen LogP contribution in [-0.2, 0) is 14.3 Å². The quantitative estimate of drug-likeness (QED) is 0.431. The Labute approximate surface area is 167 Å². The van der Waals surface area contributed by atoms with Gasteiger partial charge in [0.25, 0.3) is 0 Å². The van der Waals surface area contributed by atoms with E-state index in [1.165, 1.54) is 0 Å². The molecule has 2 aromatic rings. The lowest BCUT2D eigenvalue weighted by atomic mass is 10.0. The van der Waals surface area contributed by atoms with E-state index in [0.29, 0.717) is 39.5 Å². The second kappa shape index (κ2) is 8.56. The maximum absolute atomic E-state index is 12.6. The van der Waals surface area contributed by atoms with E-state index < -0.39 is 12.0 Å². The summed E-state index contributed by atoms with van der Waals surface area (Å²) in [5.41, 5.74) is 1.87. The van der Waals surface area contributed by atoms with Crippen molar-refractivity contribution in [3.05, 3.63) is 58.5 Å². The summed E-state index contributed by atoms with van der Waals surface area (Å²) < 4.78 is 16.2. The zero-order chi connectivity index (χ0) is 19.4. The molecule has 1 atom stereocenters. The van der Waals surface area contributed by atoms with E-state index in [0.717, 1.165) is 5.56 Å². The summed E-state index contributed by atoms with van der Waals surface area (Å²) in [4.78, 5) is 12.6. The van der Waals surface area contributed by atoms with Gasteiger partial charge < -0.3 is 24.5 Å². The van der Waals surface area contributed by atoms with Crippen molar-refractivity contribution in [2.45, 2.75) is 13.0 Å². The molecule has 1 aliphatic heterocycles. The van der Waals surface area contributed by atoms with Crippen LogP contribution in [0.4, 0.5) is 0 Å². The normalized spacial score (nSPS) is 16.7. The standard InChI is InChI=1S/C19H19ClN2O4S/c1-11-16(18(23)25-9-8-24-2)17(22-19(27)21-11)15-7-6-14(26-15)12-4-3-5-13(20)10-12/h3-7,10,17H,8-9H2,1-2H3,(H2,21,22,27)/t17-/m0/s1. The van der Waals surface area contributed by atoms with E-state index >= 15 is 0 Å². The summed E-state index contributed by atoms with van der Waals surface area (Å²) in [6.07, 6.45) is 0. The molecule has 27 heavy (non-hydrogen) atoms. The van der Waals surface area contributed by atoms with Crippen molar-refractivity contribution in [3.8, 4) is 11.3 Å². The number of furan rings is 1. The van der Waals surface area contributed by atoms with Crippen LogP contribution in [0.25, 0.3) is 11.3 Å². The Morgan fingerprint density at radius 2 is 2.11 bits per heavy atom. The number of hydrogen-bond donors (Lipinski definition) is 2. The van der Waals surface area contributed by atoms with Gasteiger partial charge in [0, 0.05) is 23.4 Å². The first kappa shape index (κ1) is 19.4. The van der Waals surface area contributed by atoms with Gasteiger partial charge in [0.2, 0.25) is 0 Å². The number of carbonyl (C=O) groups is 1. The molecule has 8 heteroatoms. The van der Waals surface area contributed by atoms with Crippen LogP contribution in [0.15, 0.2) is 52.1 Å². The molecule has 6 nitrogen and oxygen atoms in total. The van der Waals surface area contributed by atoms with Gasteiger partial charge >= 0.3 is 5.97 Å². The van der Waals surface area contributed by atoms with Crippen molar-refractivity contribution in [2.24, 2.45) is 0 Å². The molecule has 0 radical (unpaired) electrons. The minimum Gasteiger partial charge on any atom is -0.460 e. The topological polar surface area (TPSA) is 72.7 Å². The minimum absolute atomic E-state index is 0.162. The zero-order valence-electron chi connectivity index (χ0n) is 14.9. The van der Waals surface area contributed by atoms with Crippen molar-refractivity contribution in [2.75, 3.05) is 20.3 Å². The first-order valence-corrected chi connectivity index (χ1v) is 9.08. The summed E-state index contributed by atoms with van der Waals surface area (Å²) in [6.45, 7) is 2.25. The van der Waals surface area contributed by atoms with Gasteiger partial charge in [0.05, 0.1) is 12.2 Å². The van der Waals surface area contributed by atoms with Gasteiger partial charge in [0.15, 0.2) is 5.11 Å². The highest BCUT2D eigenvalue weighted by molar-refractivity contribution is 7.80. The number of esters is 1. The molecule has 3 rings (SSSR count). The summed E-state index contributed by atoms with van der Waals surface area (Å²) in [6, 6.07) is 10.4. The highest BCUT2D eigenvalue weighted by Gasteiger charge is 2.33. The lowest BCUT2D eigenvalue weighted by molar-refractivity contribution is -0.140. The monoisotopic (exact) mass is 406 g/mol. The molecule has 1 aromatic carbocycles. The third-order valence-corrected chi connectivity index (χ3v) is 4.49. The molecule has 0 aliphatic carbocycles. The molecular weight excluding hydrogens is 388 g/mol. The molecule has 1 aromatic heterocycles. The summed E-state index contributed by atoms with van der Waals surface area (Å²) in [5, 5.41) is 7.05. The largest absolute Gasteiger partial charge is 0.460 e. The van der Waals surface area contributed by atoms with Crippen LogP contribution in [0.3, 0.4) is 0 Å². The van der Waals surface area contributed by atoms with E-state index in [1.54, 1.807) is 26.2 Å². The number of ether oxygens (including phenoxy) is 2. The third-order valence-electron chi connectivity index (χ3n) is 4.03. The first-order chi connectivity index (χ1) is 13.0. The van der Waals surface area contributed by atoms with Gasteiger partial charge in [-0.25, -0.2) is 4.79 Å². The predicted molar refractivity (Wildman–Crippen MR) is 106 cm³/mol. The fraction of sp³-hybridized carbons (Fsp3) is 0.263. The second-order valence-corrected chi connectivity index (χ2v) is 6.76. The maximum Gasteiger partial charge on any atom is 0.338 e. The van der Waals surface area contributed by atoms with Crippen LogP contribution in [0.1, 0.15) is 18.7 Å². The molecule has 0 amide bonds. The number of allylic oxidation sites excluding steroid dienone is 1. The average molecular weight is 407 g/mol. The van der Waals surface area contributed by atoms with Crippen molar-refractivity contribution in [1.29, 1.82) is 0 Å². The average Bonchev–Trinajstić information content (AvgIpc) is 3.11. The lowest BCUT2D eigenvalue weighted by Crippen LogP contribution is -2.45. The Hall–Kier alpha value is -2.35. The highest BCUT2D eigenvalue weighted by atomic mass is 35.5. The van der Waals surface area contributed by atoms with Gasteiger partial charge in [0.1, 0.15) is 24.2 Å². The number of methoxy groups -OCH3 is 1. The van der Waals surface area contributed by atoms with Gasteiger partial charge in [-0.2, -0.15) is 0 Å². The summed E-state index contributed by atoms with van der Waals surface area (Å²) >= 11 is 11.3. The Morgan fingerprint density at radius 3 is 2.85 bits per heavy atom. The van der Waals surface area contributed by atoms with Crippen LogP contribution in [0, 0.1) is 0 Å². The Kier molecular flexibility index (Phi) is 6.15. The number of halogens is 1. The molecule has 0 spiro atoms. The molecule has 1 aliphatic rings. The van der Waals surface area contributed by atoms with Crippen molar-refractivity contribution in [1.82, 2.24) is 10.6 Å². The molecule has 0 saturated heterocycles. The number of nitrogens with one attached hydrogen (secondary N) is 2. The van der Waals surface area contributed by atoms with Crippen molar-refractivity contribution in [3.63, 3.8) is 0 Å². The molecular formula is C19H19ClN2O4S. The van der Waals surface area contributed by atoms with Gasteiger partial charge in [-0.1, -0.05) is 23.7 Å². The Morgan fingerprint density at radius 1 is 1.30 bits per heavy atom. The third kappa shape index (κ3) is 4.50. The SMILES string of the molecule is COCCOC(=O)C1=C(C)NC(=S)N[C@H]1c1ccc(-c2cccc(Cl)c2)o1. The van der Waals surface area contributed by atoms with E-state index in [-0.39, 0.29) is 6.61 Å². The molecule has 0 fully saturated rings. The smallest absolute Gasteiger partial charge is 0.338 e. The predicted octanol–water partition coefficient (Wildman–Crippen LogP) is 3.58. The van der Waals surface area contributed by atoms with E-state index in [9.17, 15) is 4.79 Å². The molecule has 0 saturated carbocycles. The van der Waals surface area contributed by atoms with E-state index in [2.05, 4.69) is 10.6 Å². The van der Waals surface area contributed by atoms with Crippen LogP contribution < -0.4 is 10.6 Å². The highest BCUT2D eigenvalue weighted by Crippen LogP contribution is 2.32. The van der Waals surface area contributed by atoms with Crippen LogP contribution in [0.2, 0.25) is 5.02 Å². The minimum atomic E-state index is -0.554. The van der Waals surface area contributed by atoms with Crippen LogP contribution >= 0.6 is 23.8 Å². The number of rotatable bonds is 6. The van der Waals surface area contributed by atoms with E-state index in [4.69, 9.17) is 37.7 Å². The number of thiocarbonyl (C=S) groups is 1. The molecule has 142 valence electrons. The first-order valence-electron chi connectivity index (χ1n) is 8.29. The van der Waals surface area contributed by atoms with Crippen LogP contribution in [0.5, 0.6) is 0 Å². The van der Waals surface area contributed by atoms with Crippen molar-refractivity contribution >= 4 is 34.9 Å². The lowest BCUT2D eigenvalue weighted by Gasteiger charge is -2.28. The van der Waals surface area contributed by atoms with E-state index in [1.807, 2.05) is 24.3 Å². The fourth-order valence-corrected chi connectivity index (χ4v) is 3.24. The zero-order valence-corrected chi connectivity index (χ0v) is 16.4.